The fourth-order valence-corrected chi connectivity index (χ4v) is 4.19. The lowest BCUT2D eigenvalue weighted by molar-refractivity contribution is -0.121. The molecular weight excluding hydrogens is 422 g/mol. The van der Waals surface area contributed by atoms with E-state index in [0.29, 0.717) is 31.1 Å². The standard InChI is InChI=1S/C25H27N3O5/c1-30-20-5-7-23-17(10-20)9-18(14-32-23)25(29)28-22-6-4-16(19-12-26-27-13-19)11-24(22)33-15-21-3-2-8-31-21/h4-7,10-13,18,21H,2-3,8-9,14-15H2,1H3,(H,26,27)(H,28,29)/t18-,21-/m0/s1. The maximum atomic E-state index is 13.1. The Kier molecular flexibility index (Phi) is 6.17. The van der Waals surface area contributed by atoms with E-state index in [0.717, 1.165) is 47.6 Å². The molecule has 8 nitrogen and oxygen atoms in total. The molecule has 3 heterocycles. The summed E-state index contributed by atoms with van der Waals surface area (Å²) in [6.07, 6.45) is 6.25. The fourth-order valence-electron chi connectivity index (χ4n) is 4.19. The van der Waals surface area contributed by atoms with E-state index in [2.05, 4.69) is 15.5 Å². The number of aromatic amines is 1. The Labute approximate surface area is 192 Å². The highest BCUT2D eigenvalue weighted by atomic mass is 16.5. The van der Waals surface area contributed by atoms with Gasteiger partial charge in [-0.25, -0.2) is 0 Å². The van der Waals surface area contributed by atoms with Crippen LogP contribution in [0, 0.1) is 5.92 Å². The van der Waals surface area contributed by atoms with Crippen LogP contribution in [0.4, 0.5) is 5.69 Å². The van der Waals surface area contributed by atoms with Crippen LogP contribution in [0.25, 0.3) is 11.1 Å². The van der Waals surface area contributed by atoms with E-state index in [1.54, 1.807) is 13.3 Å². The lowest BCUT2D eigenvalue weighted by atomic mass is 9.95. The van der Waals surface area contributed by atoms with Crippen molar-refractivity contribution in [1.82, 2.24) is 10.2 Å². The zero-order valence-electron chi connectivity index (χ0n) is 18.5. The van der Waals surface area contributed by atoms with E-state index in [9.17, 15) is 4.79 Å². The van der Waals surface area contributed by atoms with E-state index in [1.165, 1.54) is 0 Å². The van der Waals surface area contributed by atoms with E-state index < -0.39 is 0 Å². The van der Waals surface area contributed by atoms with E-state index in [1.807, 2.05) is 42.6 Å². The Balaban J connectivity index is 1.33. The average molecular weight is 450 g/mol. The Morgan fingerprint density at radius 2 is 2.18 bits per heavy atom. The molecule has 1 amide bonds. The lowest BCUT2D eigenvalue weighted by Gasteiger charge is -2.25. The van der Waals surface area contributed by atoms with Gasteiger partial charge >= 0.3 is 0 Å². The smallest absolute Gasteiger partial charge is 0.231 e. The summed E-state index contributed by atoms with van der Waals surface area (Å²) in [7, 11) is 1.63. The van der Waals surface area contributed by atoms with Crippen molar-refractivity contribution in [2.24, 2.45) is 5.92 Å². The molecule has 5 rings (SSSR count). The van der Waals surface area contributed by atoms with Gasteiger partial charge in [0.15, 0.2) is 0 Å². The number of amides is 1. The molecule has 0 aliphatic carbocycles. The van der Waals surface area contributed by atoms with Crippen LogP contribution in [0.3, 0.4) is 0 Å². The number of hydrogen-bond donors (Lipinski definition) is 2. The molecular formula is C25H27N3O5. The van der Waals surface area contributed by atoms with Crippen molar-refractivity contribution in [2.45, 2.75) is 25.4 Å². The number of aromatic nitrogens is 2. The number of carbonyl (C=O) groups is 1. The first-order chi connectivity index (χ1) is 16.2. The second kappa shape index (κ2) is 9.54. The summed E-state index contributed by atoms with van der Waals surface area (Å²) in [5.41, 5.74) is 3.49. The van der Waals surface area contributed by atoms with Gasteiger partial charge < -0.3 is 24.3 Å². The van der Waals surface area contributed by atoms with Gasteiger partial charge in [-0.05, 0) is 60.7 Å². The maximum Gasteiger partial charge on any atom is 0.231 e. The molecule has 0 saturated carbocycles. The zero-order valence-corrected chi connectivity index (χ0v) is 18.5. The van der Waals surface area contributed by atoms with Crippen molar-refractivity contribution >= 4 is 11.6 Å². The van der Waals surface area contributed by atoms with Gasteiger partial charge in [0.2, 0.25) is 5.91 Å². The molecule has 33 heavy (non-hydrogen) atoms. The number of methoxy groups -OCH3 is 1. The number of hydrogen-bond acceptors (Lipinski definition) is 6. The molecule has 2 aromatic carbocycles. The van der Waals surface area contributed by atoms with Crippen molar-refractivity contribution in [2.75, 3.05) is 32.2 Å². The van der Waals surface area contributed by atoms with Crippen LogP contribution in [-0.4, -0.2) is 49.1 Å². The van der Waals surface area contributed by atoms with Gasteiger partial charge in [-0.2, -0.15) is 5.10 Å². The number of benzene rings is 2. The van der Waals surface area contributed by atoms with E-state index in [4.69, 9.17) is 18.9 Å². The Morgan fingerprint density at radius 3 is 2.97 bits per heavy atom. The first-order valence-corrected chi connectivity index (χ1v) is 11.2. The largest absolute Gasteiger partial charge is 0.497 e. The number of fused-ring (bicyclic) bond motifs is 1. The summed E-state index contributed by atoms with van der Waals surface area (Å²) in [4.78, 5) is 13.1. The van der Waals surface area contributed by atoms with Crippen LogP contribution >= 0.6 is 0 Å². The molecule has 0 radical (unpaired) electrons. The van der Waals surface area contributed by atoms with Gasteiger partial charge in [-0.3, -0.25) is 9.89 Å². The summed E-state index contributed by atoms with van der Waals surface area (Å²) in [5.74, 6) is 1.73. The quantitative estimate of drug-likeness (QED) is 0.569. The van der Waals surface area contributed by atoms with Crippen molar-refractivity contribution in [3.63, 3.8) is 0 Å². The number of rotatable bonds is 7. The van der Waals surface area contributed by atoms with Gasteiger partial charge in [-0.15, -0.1) is 0 Å². The lowest BCUT2D eigenvalue weighted by Crippen LogP contribution is -2.32. The molecule has 1 aromatic heterocycles. The Bertz CT molecular complexity index is 1110. The van der Waals surface area contributed by atoms with Gasteiger partial charge in [0.1, 0.15) is 30.5 Å². The average Bonchev–Trinajstić information content (AvgIpc) is 3.57. The van der Waals surface area contributed by atoms with E-state index >= 15 is 0 Å². The SMILES string of the molecule is COc1ccc2c(c1)C[C@H](C(=O)Nc1ccc(-c3cn[nH]c3)cc1OC[C@@H]1CCCO1)CO2. The maximum absolute atomic E-state index is 13.1. The van der Waals surface area contributed by atoms with Gasteiger partial charge in [0, 0.05) is 18.4 Å². The number of carbonyl (C=O) groups excluding carboxylic acids is 1. The van der Waals surface area contributed by atoms with Crippen LogP contribution in [0.2, 0.25) is 0 Å². The topological polar surface area (TPSA) is 94.7 Å². The summed E-state index contributed by atoms with van der Waals surface area (Å²) in [6, 6.07) is 11.4. The third-order valence-electron chi connectivity index (χ3n) is 6.06. The fraction of sp³-hybridized carbons (Fsp3) is 0.360. The number of ether oxygens (including phenoxy) is 4. The monoisotopic (exact) mass is 449 g/mol. The van der Waals surface area contributed by atoms with Crippen LogP contribution in [0.15, 0.2) is 48.8 Å². The molecule has 2 N–H and O–H groups in total. The predicted octanol–water partition coefficient (Wildman–Crippen LogP) is 3.83. The first-order valence-electron chi connectivity index (χ1n) is 11.2. The third-order valence-corrected chi connectivity index (χ3v) is 6.06. The molecule has 0 unspecified atom stereocenters. The minimum Gasteiger partial charge on any atom is -0.497 e. The second-order valence-corrected chi connectivity index (χ2v) is 8.32. The molecule has 8 heteroatoms. The molecule has 2 aliphatic heterocycles. The number of nitrogens with zero attached hydrogens (tertiary/aromatic N) is 1. The molecule has 2 atom stereocenters. The zero-order chi connectivity index (χ0) is 22.6. The number of H-pyrrole nitrogens is 1. The molecule has 0 bridgehead atoms. The van der Waals surface area contributed by atoms with Crippen LogP contribution in [-0.2, 0) is 16.0 Å². The Morgan fingerprint density at radius 1 is 1.24 bits per heavy atom. The molecule has 0 spiro atoms. The minimum atomic E-state index is -0.316. The second-order valence-electron chi connectivity index (χ2n) is 8.32. The van der Waals surface area contributed by atoms with Gasteiger partial charge in [0.25, 0.3) is 0 Å². The van der Waals surface area contributed by atoms with Gasteiger partial charge in [-0.1, -0.05) is 6.07 Å². The van der Waals surface area contributed by atoms with Crippen molar-refractivity contribution < 1.29 is 23.7 Å². The van der Waals surface area contributed by atoms with Crippen LogP contribution in [0.1, 0.15) is 18.4 Å². The summed E-state index contributed by atoms with van der Waals surface area (Å²) in [5, 5.41) is 9.90. The van der Waals surface area contributed by atoms with Crippen LogP contribution < -0.4 is 19.5 Å². The molecule has 172 valence electrons. The highest BCUT2D eigenvalue weighted by molar-refractivity contribution is 5.95. The third kappa shape index (κ3) is 4.80. The number of anilines is 1. The highest BCUT2D eigenvalue weighted by Gasteiger charge is 2.27. The molecule has 2 aliphatic rings. The highest BCUT2D eigenvalue weighted by Crippen LogP contribution is 2.34. The van der Waals surface area contributed by atoms with E-state index in [-0.39, 0.29) is 17.9 Å². The van der Waals surface area contributed by atoms with Gasteiger partial charge in [0.05, 0.1) is 31.0 Å². The van der Waals surface area contributed by atoms with Crippen molar-refractivity contribution in [1.29, 1.82) is 0 Å². The van der Waals surface area contributed by atoms with Crippen molar-refractivity contribution in [3.8, 4) is 28.4 Å². The Hall–Kier alpha value is -3.52. The first kappa shape index (κ1) is 21.3. The molecule has 3 aromatic rings. The summed E-state index contributed by atoms with van der Waals surface area (Å²) in [6.45, 7) is 1.53. The molecule has 1 saturated heterocycles. The normalized spacial score (nSPS) is 19.4. The number of nitrogens with one attached hydrogen (secondary N) is 2. The summed E-state index contributed by atoms with van der Waals surface area (Å²) < 4.78 is 22.9. The molecule has 1 fully saturated rings. The summed E-state index contributed by atoms with van der Waals surface area (Å²) >= 11 is 0. The van der Waals surface area contributed by atoms with Crippen molar-refractivity contribution in [3.05, 3.63) is 54.4 Å². The minimum absolute atomic E-state index is 0.0735. The van der Waals surface area contributed by atoms with Crippen LogP contribution in [0.5, 0.6) is 17.2 Å². The predicted molar refractivity (Wildman–Crippen MR) is 123 cm³/mol.